The third-order valence-corrected chi connectivity index (χ3v) is 6.62. The average Bonchev–Trinajstić information content (AvgIpc) is 2.91. The Balaban J connectivity index is 1.94. The van der Waals surface area contributed by atoms with E-state index in [1.165, 1.54) is 58.8 Å². The number of esters is 1. The standard InChI is InChI=1S/C25H26N2O8S/c1-32-20-11-10-17(12-23(20)36(30,31)26-15-16-8-6-5-7-9-16)24(28)27-19-14-22(34-3)21(33-2)13-18(19)25(29)35-4/h5-14,26H,15H2,1-4H3,(H,27,28). The molecule has 0 aliphatic rings. The van der Waals surface area contributed by atoms with Crippen molar-refractivity contribution in [3.63, 3.8) is 0 Å². The zero-order chi connectivity index (χ0) is 26.3. The highest BCUT2D eigenvalue weighted by Crippen LogP contribution is 2.34. The van der Waals surface area contributed by atoms with Crippen molar-refractivity contribution in [3.8, 4) is 17.2 Å². The van der Waals surface area contributed by atoms with Crippen molar-refractivity contribution in [2.45, 2.75) is 11.4 Å². The normalized spacial score (nSPS) is 10.9. The first-order valence-corrected chi connectivity index (χ1v) is 12.1. The molecule has 1 amide bonds. The van der Waals surface area contributed by atoms with Crippen LogP contribution in [0.5, 0.6) is 17.2 Å². The minimum Gasteiger partial charge on any atom is -0.495 e. The predicted molar refractivity (Wildman–Crippen MR) is 132 cm³/mol. The maximum absolute atomic E-state index is 13.1. The number of amides is 1. The van der Waals surface area contributed by atoms with Crippen LogP contribution < -0.4 is 24.2 Å². The molecule has 11 heteroatoms. The van der Waals surface area contributed by atoms with E-state index in [1.807, 2.05) is 6.07 Å². The Morgan fingerprint density at radius 1 is 0.806 bits per heavy atom. The molecule has 0 spiro atoms. The van der Waals surface area contributed by atoms with E-state index < -0.39 is 21.9 Å². The third kappa shape index (κ3) is 5.93. The van der Waals surface area contributed by atoms with Crippen molar-refractivity contribution in [2.75, 3.05) is 33.8 Å². The molecular formula is C25H26N2O8S. The molecule has 0 bridgehead atoms. The van der Waals surface area contributed by atoms with Crippen LogP contribution in [0.3, 0.4) is 0 Å². The lowest BCUT2D eigenvalue weighted by molar-refractivity contribution is 0.0601. The molecule has 0 radical (unpaired) electrons. The molecule has 0 heterocycles. The lowest BCUT2D eigenvalue weighted by atomic mass is 10.1. The summed E-state index contributed by atoms with van der Waals surface area (Å²) in [5.74, 6) is -0.792. The Morgan fingerprint density at radius 3 is 2.06 bits per heavy atom. The van der Waals surface area contributed by atoms with E-state index >= 15 is 0 Å². The van der Waals surface area contributed by atoms with E-state index in [9.17, 15) is 18.0 Å². The summed E-state index contributed by atoms with van der Waals surface area (Å²) in [4.78, 5) is 25.2. The summed E-state index contributed by atoms with van der Waals surface area (Å²) in [6.45, 7) is 0.0525. The summed E-state index contributed by atoms with van der Waals surface area (Å²) in [6.07, 6.45) is 0. The predicted octanol–water partition coefficient (Wildman–Crippen LogP) is 3.23. The fraction of sp³-hybridized carbons (Fsp3) is 0.200. The number of anilines is 1. The van der Waals surface area contributed by atoms with E-state index in [0.717, 1.165) is 5.56 Å². The quantitative estimate of drug-likeness (QED) is 0.395. The van der Waals surface area contributed by atoms with Gasteiger partial charge < -0.3 is 24.3 Å². The lowest BCUT2D eigenvalue weighted by Gasteiger charge is -2.15. The molecule has 190 valence electrons. The Bertz CT molecular complexity index is 1360. The van der Waals surface area contributed by atoms with Crippen LogP contribution in [-0.2, 0) is 21.3 Å². The van der Waals surface area contributed by atoms with Crippen molar-refractivity contribution in [3.05, 3.63) is 77.4 Å². The molecule has 10 nitrogen and oxygen atoms in total. The van der Waals surface area contributed by atoms with Gasteiger partial charge in [0.25, 0.3) is 5.91 Å². The second-order valence-corrected chi connectivity index (χ2v) is 9.11. The van der Waals surface area contributed by atoms with Crippen LogP contribution in [0.15, 0.2) is 65.6 Å². The number of carbonyl (C=O) groups is 2. The maximum atomic E-state index is 13.1. The Morgan fingerprint density at radius 2 is 1.44 bits per heavy atom. The molecule has 3 rings (SSSR count). The second kappa shape index (κ2) is 11.6. The van der Waals surface area contributed by atoms with Gasteiger partial charge in [0.2, 0.25) is 10.0 Å². The molecule has 0 aromatic heterocycles. The number of nitrogens with one attached hydrogen (secondary N) is 2. The van der Waals surface area contributed by atoms with E-state index in [0.29, 0.717) is 0 Å². The first-order valence-electron chi connectivity index (χ1n) is 10.6. The van der Waals surface area contributed by atoms with E-state index in [1.54, 1.807) is 24.3 Å². The highest BCUT2D eigenvalue weighted by atomic mass is 32.2. The summed E-state index contributed by atoms with van der Waals surface area (Å²) in [6, 6.07) is 15.7. The highest BCUT2D eigenvalue weighted by Gasteiger charge is 2.23. The molecule has 0 aliphatic carbocycles. The number of ether oxygens (including phenoxy) is 4. The molecule has 0 unspecified atom stereocenters. The van der Waals surface area contributed by atoms with Crippen LogP contribution in [0.2, 0.25) is 0 Å². The van der Waals surface area contributed by atoms with Crippen molar-refractivity contribution >= 4 is 27.6 Å². The third-order valence-electron chi connectivity index (χ3n) is 5.20. The number of benzene rings is 3. The minimum atomic E-state index is -4.04. The van der Waals surface area contributed by atoms with Gasteiger partial charge in [0.15, 0.2) is 11.5 Å². The number of hydrogen-bond acceptors (Lipinski definition) is 8. The number of sulfonamides is 1. The average molecular weight is 515 g/mol. The largest absolute Gasteiger partial charge is 0.495 e. The Hall–Kier alpha value is -4.09. The van der Waals surface area contributed by atoms with Gasteiger partial charge in [-0.15, -0.1) is 0 Å². The highest BCUT2D eigenvalue weighted by molar-refractivity contribution is 7.89. The van der Waals surface area contributed by atoms with Crippen LogP contribution >= 0.6 is 0 Å². The van der Waals surface area contributed by atoms with Gasteiger partial charge in [-0.1, -0.05) is 30.3 Å². The second-order valence-electron chi connectivity index (χ2n) is 7.37. The maximum Gasteiger partial charge on any atom is 0.340 e. The molecule has 0 aliphatic heterocycles. The topological polar surface area (TPSA) is 129 Å². The van der Waals surface area contributed by atoms with Gasteiger partial charge in [0.05, 0.1) is 39.7 Å². The number of carbonyl (C=O) groups excluding carboxylic acids is 2. The summed E-state index contributed by atoms with van der Waals surface area (Å²) >= 11 is 0. The van der Waals surface area contributed by atoms with Gasteiger partial charge >= 0.3 is 5.97 Å². The molecule has 0 fully saturated rings. The number of methoxy groups -OCH3 is 4. The molecule has 0 atom stereocenters. The van der Waals surface area contributed by atoms with Crippen LogP contribution in [0.1, 0.15) is 26.3 Å². The Kier molecular flexibility index (Phi) is 8.51. The molecule has 3 aromatic rings. The van der Waals surface area contributed by atoms with Gasteiger partial charge in [-0.2, -0.15) is 0 Å². The SMILES string of the molecule is COC(=O)c1cc(OC)c(OC)cc1NC(=O)c1ccc(OC)c(S(=O)(=O)NCc2ccccc2)c1. The molecule has 2 N–H and O–H groups in total. The minimum absolute atomic E-state index is 0.0153. The Labute approximate surface area is 209 Å². The summed E-state index contributed by atoms with van der Waals surface area (Å²) in [7, 11) is 1.30. The fourth-order valence-corrected chi connectivity index (χ4v) is 4.55. The van der Waals surface area contributed by atoms with Crippen molar-refractivity contribution < 1.29 is 37.0 Å². The van der Waals surface area contributed by atoms with Crippen LogP contribution in [-0.4, -0.2) is 48.7 Å². The van der Waals surface area contributed by atoms with E-state index in [4.69, 9.17) is 18.9 Å². The molecule has 0 saturated heterocycles. The monoisotopic (exact) mass is 514 g/mol. The smallest absolute Gasteiger partial charge is 0.340 e. The fourth-order valence-electron chi connectivity index (χ4n) is 3.34. The van der Waals surface area contributed by atoms with Gasteiger partial charge in [-0.3, -0.25) is 4.79 Å². The molecule has 0 saturated carbocycles. The first-order chi connectivity index (χ1) is 17.2. The van der Waals surface area contributed by atoms with Crippen molar-refractivity contribution in [2.24, 2.45) is 0 Å². The summed E-state index contributed by atoms with van der Waals surface area (Å²) in [5.41, 5.74) is 0.889. The van der Waals surface area contributed by atoms with Crippen LogP contribution in [0, 0.1) is 0 Å². The first kappa shape index (κ1) is 26.5. The molecule has 36 heavy (non-hydrogen) atoms. The van der Waals surface area contributed by atoms with Gasteiger partial charge in [0.1, 0.15) is 10.6 Å². The van der Waals surface area contributed by atoms with Crippen molar-refractivity contribution in [1.29, 1.82) is 0 Å². The van der Waals surface area contributed by atoms with Crippen molar-refractivity contribution in [1.82, 2.24) is 4.72 Å². The zero-order valence-corrected chi connectivity index (χ0v) is 21.0. The van der Waals surface area contributed by atoms with E-state index in [2.05, 4.69) is 10.0 Å². The lowest BCUT2D eigenvalue weighted by Crippen LogP contribution is -2.24. The molecular weight excluding hydrogens is 488 g/mol. The van der Waals surface area contributed by atoms with Gasteiger partial charge in [-0.05, 0) is 23.8 Å². The number of rotatable bonds is 10. The van der Waals surface area contributed by atoms with Crippen LogP contribution in [0.25, 0.3) is 0 Å². The summed E-state index contributed by atoms with van der Waals surface area (Å²) in [5, 5.41) is 2.61. The summed E-state index contributed by atoms with van der Waals surface area (Å²) < 4.78 is 49.1. The zero-order valence-electron chi connectivity index (χ0n) is 20.2. The number of hydrogen-bond donors (Lipinski definition) is 2. The molecule has 3 aromatic carbocycles. The van der Waals surface area contributed by atoms with Gasteiger partial charge in [-0.25, -0.2) is 17.9 Å². The van der Waals surface area contributed by atoms with Gasteiger partial charge in [0, 0.05) is 24.2 Å². The van der Waals surface area contributed by atoms with E-state index in [-0.39, 0.29) is 45.5 Å². The van der Waals surface area contributed by atoms with Crippen LogP contribution in [0.4, 0.5) is 5.69 Å².